The average molecular weight is 258 g/mol. The van der Waals surface area contributed by atoms with E-state index in [1.165, 1.54) is 10.5 Å². The third-order valence-corrected chi connectivity index (χ3v) is 3.63. The van der Waals surface area contributed by atoms with E-state index in [1.54, 1.807) is 11.8 Å². The predicted molar refractivity (Wildman–Crippen MR) is 74.8 cm³/mol. The molecule has 1 nitrogen and oxygen atoms in total. The number of halogens is 1. The second-order valence-electron chi connectivity index (χ2n) is 3.94. The number of likely N-dealkylation sites (N-methyl/N-ethyl adjacent to an activating group) is 1. The molecule has 16 heavy (non-hydrogen) atoms. The van der Waals surface area contributed by atoms with Gasteiger partial charge < -0.3 is 4.90 Å². The molecule has 0 atom stereocenters. The second kappa shape index (κ2) is 7.99. The first kappa shape index (κ1) is 13.9. The van der Waals surface area contributed by atoms with Gasteiger partial charge in [0.25, 0.3) is 0 Å². The van der Waals surface area contributed by atoms with Crippen molar-refractivity contribution in [3.8, 4) is 0 Å². The number of hydrogen-bond donors (Lipinski definition) is 0. The molecule has 90 valence electrons. The molecule has 0 aromatic heterocycles. The summed E-state index contributed by atoms with van der Waals surface area (Å²) < 4.78 is 0. The quantitative estimate of drug-likeness (QED) is 0.543. The Kier molecular flexibility index (Phi) is 6.93. The van der Waals surface area contributed by atoms with E-state index in [9.17, 15) is 0 Å². The van der Waals surface area contributed by atoms with Crippen LogP contribution in [0.5, 0.6) is 0 Å². The fourth-order valence-corrected chi connectivity index (χ4v) is 2.08. The van der Waals surface area contributed by atoms with Gasteiger partial charge in [-0.15, -0.1) is 23.4 Å². The number of thioether (sulfide) groups is 1. The van der Waals surface area contributed by atoms with E-state index in [0.29, 0.717) is 0 Å². The zero-order valence-corrected chi connectivity index (χ0v) is 11.7. The van der Waals surface area contributed by atoms with Crippen LogP contribution in [0.15, 0.2) is 29.2 Å². The van der Waals surface area contributed by atoms with Crippen molar-refractivity contribution in [2.45, 2.75) is 17.7 Å². The number of hydrogen-bond acceptors (Lipinski definition) is 2. The average Bonchev–Trinajstić information content (AvgIpc) is 2.34. The molecule has 1 rings (SSSR count). The minimum atomic E-state index is 0.757. The maximum atomic E-state index is 5.67. The molecule has 0 aliphatic carbocycles. The zero-order chi connectivity index (χ0) is 11.8. The Hall–Kier alpha value is -0.180. The maximum absolute atomic E-state index is 5.67. The van der Waals surface area contributed by atoms with Gasteiger partial charge in [0.15, 0.2) is 0 Å². The molecule has 0 spiro atoms. The molecule has 0 N–H and O–H groups in total. The molecule has 0 radical (unpaired) electrons. The van der Waals surface area contributed by atoms with Crippen LogP contribution >= 0.6 is 23.4 Å². The van der Waals surface area contributed by atoms with Crippen LogP contribution in [0.1, 0.15) is 12.0 Å². The molecule has 0 aliphatic rings. The van der Waals surface area contributed by atoms with Gasteiger partial charge in [-0.3, -0.25) is 0 Å². The van der Waals surface area contributed by atoms with Crippen molar-refractivity contribution in [2.75, 3.05) is 32.3 Å². The van der Waals surface area contributed by atoms with Gasteiger partial charge in [-0.25, -0.2) is 0 Å². The smallest absolute Gasteiger partial charge is 0.0235 e. The fourth-order valence-electron chi connectivity index (χ4n) is 1.55. The van der Waals surface area contributed by atoms with Crippen LogP contribution in [0.2, 0.25) is 0 Å². The van der Waals surface area contributed by atoms with Crippen LogP contribution in [-0.2, 0) is 6.42 Å². The van der Waals surface area contributed by atoms with Crippen molar-refractivity contribution < 1.29 is 0 Å². The summed E-state index contributed by atoms with van der Waals surface area (Å²) in [5.41, 5.74) is 1.41. The van der Waals surface area contributed by atoms with Crippen LogP contribution in [-0.4, -0.2) is 37.2 Å². The first-order chi connectivity index (χ1) is 7.76. The number of alkyl halides is 1. The summed E-state index contributed by atoms with van der Waals surface area (Å²) in [6.07, 6.45) is 4.30. The number of nitrogens with zero attached hydrogens (tertiary/aromatic N) is 1. The van der Waals surface area contributed by atoms with E-state index < -0.39 is 0 Å². The molecule has 3 heteroatoms. The van der Waals surface area contributed by atoms with E-state index in [4.69, 9.17) is 11.6 Å². The number of benzene rings is 1. The van der Waals surface area contributed by atoms with E-state index in [-0.39, 0.29) is 0 Å². The third kappa shape index (κ3) is 5.24. The highest BCUT2D eigenvalue weighted by Crippen LogP contribution is 2.15. The minimum Gasteiger partial charge on any atom is -0.306 e. The Morgan fingerprint density at radius 2 is 1.88 bits per heavy atom. The molecule has 0 heterocycles. The van der Waals surface area contributed by atoms with Crippen LogP contribution in [0, 0.1) is 0 Å². The van der Waals surface area contributed by atoms with Crippen LogP contribution < -0.4 is 0 Å². The summed E-state index contributed by atoms with van der Waals surface area (Å²) in [6.45, 7) is 2.20. The third-order valence-electron chi connectivity index (χ3n) is 2.61. The second-order valence-corrected chi connectivity index (χ2v) is 5.20. The first-order valence-corrected chi connectivity index (χ1v) is 7.39. The molecule has 0 amide bonds. The molecule has 0 aliphatic heterocycles. The van der Waals surface area contributed by atoms with Crippen LogP contribution in [0.25, 0.3) is 0 Å². The van der Waals surface area contributed by atoms with Crippen molar-refractivity contribution in [3.05, 3.63) is 29.8 Å². The molecular weight excluding hydrogens is 238 g/mol. The van der Waals surface area contributed by atoms with Crippen molar-refractivity contribution in [1.29, 1.82) is 0 Å². The van der Waals surface area contributed by atoms with E-state index in [1.807, 2.05) is 0 Å². The molecule has 0 saturated heterocycles. The van der Waals surface area contributed by atoms with Crippen molar-refractivity contribution in [3.63, 3.8) is 0 Å². The number of rotatable bonds is 7. The zero-order valence-electron chi connectivity index (χ0n) is 10.1. The van der Waals surface area contributed by atoms with E-state index >= 15 is 0 Å². The molecule has 1 aromatic carbocycles. The summed E-state index contributed by atoms with van der Waals surface area (Å²) in [5, 5.41) is 0. The summed E-state index contributed by atoms with van der Waals surface area (Å²) in [7, 11) is 2.16. The minimum absolute atomic E-state index is 0.757. The van der Waals surface area contributed by atoms with Gasteiger partial charge in [0, 0.05) is 17.3 Å². The lowest BCUT2D eigenvalue weighted by Gasteiger charge is -2.15. The van der Waals surface area contributed by atoms with Gasteiger partial charge in [0.05, 0.1) is 0 Å². The molecule has 1 aromatic rings. The highest BCUT2D eigenvalue weighted by Gasteiger charge is 1.99. The normalized spacial score (nSPS) is 11.0. The Bertz CT molecular complexity index is 286. The van der Waals surface area contributed by atoms with E-state index in [2.05, 4.69) is 42.5 Å². The molecule has 0 saturated carbocycles. The summed E-state index contributed by atoms with van der Waals surface area (Å²) in [6, 6.07) is 8.83. The molecule has 0 fully saturated rings. The van der Waals surface area contributed by atoms with Gasteiger partial charge in [0.2, 0.25) is 0 Å². The highest BCUT2D eigenvalue weighted by molar-refractivity contribution is 7.98. The lowest BCUT2D eigenvalue weighted by atomic mass is 10.1. The van der Waals surface area contributed by atoms with Gasteiger partial charge in [-0.1, -0.05) is 12.1 Å². The lowest BCUT2D eigenvalue weighted by molar-refractivity contribution is 0.340. The molecular formula is C13H20ClNS. The first-order valence-electron chi connectivity index (χ1n) is 5.63. The fraction of sp³-hybridized carbons (Fsp3) is 0.538. The van der Waals surface area contributed by atoms with E-state index in [0.717, 1.165) is 31.8 Å². The molecule has 0 unspecified atom stereocenters. The molecule has 0 bridgehead atoms. The monoisotopic (exact) mass is 257 g/mol. The van der Waals surface area contributed by atoms with Gasteiger partial charge in [-0.2, -0.15) is 0 Å². The topological polar surface area (TPSA) is 3.24 Å². The van der Waals surface area contributed by atoms with Gasteiger partial charge in [0.1, 0.15) is 0 Å². The lowest BCUT2D eigenvalue weighted by Crippen LogP contribution is -2.22. The maximum Gasteiger partial charge on any atom is 0.0235 e. The Balaban J connectivity index is 2.30. The van der Waals surface area contributed by atoms with Gasteiger partial charge >= 0.3 is 0 Å². The van der Waals surface area contributed by atoms with Crippen molar-refractivity contribution in [2.24, 2.45) is 0 Å². The van der Waals surface area contributed by atoms with Crippen molar-refractivity contribution >= 4 is 23.4 Å². The Labute approximate surface area is 108 Å². The van der Waals surface area contributed by atoms with Crippen molar-refractivity contribution in [1.82, 2.24) is 4.90 Å². The van der Waals surface area contributed by atoms with Gasteiger partial charge in [-0.05, 0) is 50.4 Å². The van der Waals surface area contributed by atoms with Crippen LogP contribution in [0.3, 0.4) is 0 Å². The standard InChI is InChI=1S/C13H20ClNS/c1-15(10-3-9-14)11-8-12-4-6-13(16-2)7-5-12/h4-7H,3,8-11H2,1-2H3. The summed E-state index contributed by atoms with van der Waals surface area (Å²) in [5.74, 6) is 0.757. The Morgan fingerprint density at radius 3 is 2.44 bits per heavy atom. The largest absolute Gasteiger partial charge is 0.306 e. The van der Waals surface area contributed by atoms with Crippen LogP contribution in [0.4, 0.5) is 0 Å². The summed E-state index contributed by atoms with van der Waals surface area (Å²) in [4.78, 5) is 3.67. The SMILES string of the molecule is CSc1ccc(CCN(C)CCCCl)cc1. The highest BCUT2D eigenvalue weighted by atomic mass is 35.5. The Morgan fingerprint density at radius 1 is 1.19 bits per heavy atom. The predicted octanol–water partition coefficient (Wildman–Crippen LogP) is 3.51. The summed E-state index contributed by atoms with van der Waals surface area (Å²) >= 11 is 7.46.